The summed E-state index contributed by atoms with van der Waals surface area (Å²) >= 11 is 3.25. The van der Waals surface area contributed by atoms with Crippen LogP contribution in [0.2, 0.25) is 0 Å². The average Bonchev–Trinajstić information content (AvgIpc) is 2.98. The van der Waals surface area contributed by atoms with E-state index in [0.29, 0.717) is 0 Å². The van der Waals surface area contributed by atoms with Gasteiger partial charge in [0.2, 0.25) is 5.91 Å². The van der Waals surface area contributed by atoms with Gasteiger partial charge in [-0.25, -0.2) is 4.98 Å². The Bertz CT molecular complexity index is 628. The Balaban J connectivity index is 2.31. The fourth-order valence-corrected chi connectivity index (χ4v) is 3.96. The van der Waals surface area contributed by atoms with Gasteiger partial charge >= 0.3 is 0 Å². The van der Waals surface area contributed by atoms with Crippen molar-refractivity contribution in [1.82, 2.24) is 9.97 Å². The zero-order valence-electron chi connectivity index (χ0n) is 13.4. The van der Waals surface area contributed by atoms with Crippen LogP contribution < -0.4 is 4.90 Å². The van der Waals surface area contributed by atoms with Crippen LogP contribution in [-0.4, -0.2) is 34.9 Å². The molecule has 118 valence electrons. The predicted octanol–water partition coefficient (Wildman–Crippen LogP) is 3.73. The summed E-state index contributed by atoms with van der Waals surface area (Å²) in [7, 11) is 1.85. The second-order valence-electron chi connectivity index (χ2n) is 5.12. The van der Waals surface area contributed by atoms with Gasteiger partial charge in [-0.15, -0.1) is 0 Å². The average molecular weight is 335 g/mol. The fourth-order valence-electron chi connectivity index (χ4n) is 2.20. The highest BCUT2D eigenvalue weighted by atomic mass is 32.2. The number of aromatic nitrogens is 2. The van der Waals surface area contributed by atoms with E-state index in [4.69, 9.17) is 0 Å². The van der Waals surface area contributed by atoms with Crippen LogP contribution >= 0.6 is 23.1 Å². The van der Waals surface area contributed by atoms with Crippen molar-refractivity contribution in [2.45, 2.75) is 20.3 Å². The number of carbonyl (C=O) groups excluding carboxylic acids is 1. The maximum atomic E-state index is 12.5. The van der Waals surface area contributed by atoms with Crippen molar-refractivity contribution in [3.63, 3.8) is 0 Å². The van der Waals surface area contributed by atoms with Crippen molar-refractivity contribution in [3.8, 4) is 10.6 Å². The Hall–Kier alpha value is -1.40. The quantitative estimate of drug-likeness (QED) is 0.807. The van der Waals surface area contributed by atoms with Gasteiger partial charge < -0.3 is 4.90 Å². The minimum atomic E-state index is 0.00801. The van der Waals surface area contributed by atoms with Gasteiger partial charge in [0.05, 0.1) is 5.69 Å². The number of nitrogens with zero attached hydrogens (tertiary/aromatic N) is 3. The SMILES string of the molecule is CCc1nc(-c2cccnc2)sc1N(C)C(=O)C(C)CSC. The summed E-state index contributed by atoms with van der Waals surface area (Å²) in [6.07, 6.45) is 6.38. The first-order valence-electron chi connectivity index (χ1n) is 7.25. The monoisotopic (exact) mass is 335 g/mol. The summed E-state index contributed by atoms with van der Waals surface area (Å²) in [5, 5.41) is 1.86. The molecule has 0 fully saturated rings. The molecule has 1 atom stereocenters. The van der Waals surface area contributed by atoms with Crippen LogP contribution in [0.15, 0.2) is 24.5 Å². The Labute approximate surface area is 140 Å². The van der Waals surface area contributed by atoms with E-state index in [0.717, 1.165) is 33.4 Å². The molecule has 1 amide bonds. The van der Waals surface area contributed by atoms with E-state index in [2.05, 4.69) is 16.9 Å². The van der Waals surface area contributed by atoms with Crippen molar-refractivity contribution < 1.29 is 4.79 Å². The Morgan fingerprint density at radius 3 is 2.86 bits per heavy atom. The molecule has 0 aliphatic rings. The summed E-state index contributed by atoms with van der Waals surface area (Å²) in [6.45, 7) is 4.04. The van der Waals surface area contributed by atoms with E-state index in [9.17, 15) is 4.79 Å². The second-order valence-corrected chi connectivity index (χ2v) is 7.01. The maximum absolute atomic E-state index is 12.5. The summed E-state index contributed by atoms with van der Waals surface area (Å²) in [5.74, 6) is 0.984. The zero-order valence-corrected chi connectivity index (χ0v) is 15.0. The number of anilines is 1. The van der Waals surface area contributed by atoms with Crippen LogP contribution in [0.25, 0.3) is 10.6 Å². The first-order chi connectivity index (χ1) is 10.6. The van der Waals surface area contributed by atoms with Crippen LogP contribution in [0.5, 0.6) is 0 Å². The second kappa shape index (κ2) is 7.74. The molecule has 2 aromatic heterocycles. The molecule has 0 aromatic carbocycles. The molecule has 0 aliphatic heterocycles. The van der Waals surface area contributed by atoms with Gasteiger partial charge in [0.25, 0.3) is 0 Å². The van der Waals surface area contributed by atoms with Gasteiger partial charge in [-0.3, -0.25) is 9.78 Å². The molecule has 0 saturated carbocycles. The van der Waals surface area contributed by atoms with Crippen molar-refractivity contribution in [2.75, 3.05) is 24.0 Å². The lowest BCUT2D eigenvalue weighted by Gasteiger charge is -2.20. The Kier molecular flexibility index (Phi) is 5.97. The van der Waals surface area contributed by atoms with Crippen LogP contribution in [0, 0.1) is 5.92 Å². The van der Waals surface area contributed by atoms with Gasteiger partial charge in [0.15, 0.2) is 0 Å². The number of hydrogen-bond acceptors (Lipinski definition) is 5. The minimum absolute atomic E-state index is 0.00801. The first kappa shape index (κ1) is 17.0. The molecule has 4 nitrogen and oxygen atoms in total. The number of hydrogen-bond donors (Lipinski definition) is 0. The van der Waals surface area contributed by atoms with E-state index in [1.54, 1.807) is 40.4 Å². The molecule has 2 heterocycles. The highest BCUT2D eigenvalue weighted by Crippen LogP contribution is 2.35. The van der Waals surface area contributed by atoms with Gasteiger partial charge in [0, 0.05) is 36.7 Å². The highest BCUT2D eigenvalue weighted by molar-refractivity contribution is 7.98. The molecule has 0 aliphatic carbocycles. The topological polar surface area (TPSA) is 46.1 Å². The number of carbonyl (C=O) groups is 1. The van der Waals surface area contributed by atoms with Crippen molar-refractivity contribution in [3.05, 3.63) is 30.2 Å². The summed E-state index contributed by atoms with van der Waals surface area (Å²) < 4.78 is 0. The smallest absolute Gasteiger partial charge is 0.231 e. The number of amides is 1. The van der Waals surface area contributed by atoms with Crippen LogP contribution in [0.4, 0.5) is 5.00 Å². The van der Waals surface area contributed by atoms with Crippen LogP contribution in [-0.2, 0) is 11.2 Å². The van der Waals surface area contributed by atoms with Gasteiger partial charge in [-0.2, -0.15) is 11.8 Å². The van der Waals surface area contributed by atoms with Crippen molar-refractivity contribution >= 4 is 34.0 Å². The van der Waals surface area contributed by atoms with E-state index in [1.807, 2.05) is 32.4 Å². The molecule has 6 heteroatoms. The Morgan fingerprint density at radius 1 is 1.50 bits per heavy atom. The molecule has 0 saturated heterocycles. The molecule has 2 aromatic rings. The number of aryl methyl sites for hydroxylation is 1. The molecule has 0 N–H and O–H groups in total. The third-order valence-corrected chi connectivity index (χ3v) is 5.45. The van der Waals surface area contributed by atoms with Gasteiger partial charge in [-0.05, 0) is 24.8 Å². The first-order valence-corrected chi connectivity index (χ1v) is 9.46. The number of thiazole rings is 1. The van der Waals surface area contributed by atoms with E-state index < -0.39 is 0 Å². The minimum Gasteiger partial charge on any atom is -0.305 e. The number of rotatable bonds is 6. The standard InChI is InChI=1S/C16H21N3OS2/c1-5-13-16(19(3)15(20)11(2)10-21-4)22-14(18-13)12-7-6-8-17-9-12/h6-9,11H,5,10H2,1-4H3. The maximum Gasteiger partial charge on any atom is 0.231 e. The van der Waals surface area contributed by atoms with E-state index in [-0.39, 0.29) is 11.8 Å². The summed E-state index contributed by atoms with van der Waals surface area (Å²) in [5.41, 5.74) is 1.96. The van der Waals surface area contributed by atoms with Gasteiger partial charge in [0.1, 0.15) is 10.0 Å². The molecule has 0 radical (unpaired) electrons. The molecule has 0 bridgehead atoms. The van der Waals surface area contributed by atoms with Crippen LogP contribution in [0.3, 0.4) is 0 Å². The molecule has 1 unspecified atom stereocenters. The van der Waals surface area contributed by atoms with Gasteiger partial charge in [-0.1, -0.05) is 25.2 Å². The highest BCUT2D eigenvalue weighted by Gasteiger charge is 2.23. The summed E-state index contributed by atoms with van der Waals surface area (Å²) in [6, 6.07) is 3.89. The molecule has 2 rings (SSSR count). The van der Waals surface area contributed by atoms with E-state index >= 15 is 0 Å². The largest absolute Gasteiger partial charge is 0.305 e. The molecule has 0 spiro atoms. The number of thioether (sulfide) groups is 1. The van der Waals surface area contributed by atoms with Crippen molar-refractivity contribution in [1.29, 1.82) is 0 Å². The fraction of sp³-hybridized carbons (Fsp3) is 0.438. The summed E-state index contributed by atoms with van der Waals surface area (Å²) in [4.78, 5) is 23.1. The Morgan fingerprint density at radius 2 is 2.27 bits per heavy atom. The molecular weight excluding hydrogens is 314 g/mol. The lowest BCUT2D eigenvalue weighted by Crippen LogP contribution is -2.32. The van der Waals surface area contributed by atoms with Crippen LogP contribution in [0.1, 0.15) is 19.5 Å². The lowest BCUT2D eigenvalue weighted by molar-refractivity contribution is -0.120. The lowest BCUT2D eigenvalue weighted by atomic mass is 10.2. The molecule has 22 heavy (non-hydrogen) atoms. The third-order valence-electron chi connectivity index (χ3n) is 3.39. The zero-order chi connectivity index (χ0) is 16.1. The predicted molar refractivity (Wildman–Crippen MR) is 95.7 cm³/mol. The van der Waals surface area contributed by atoms with Crippen molar-refractivity contribution in [2.24, 2.45) is 5.92 Å². The third kappa shape index (κ3) is 3.67. The normalized spacial score (nSPS) is 12.2. The van der Waals surface area contributed by atoms with E-state index in [1.165, 1.54) is 0 Å². The molecular formula is C16H21N3OS2. The number of pyridine rings is 1.